The number of ether oxygens (including phenoxy) is 1. The molecule has 52 heavy (non-hydrogen) atoms. The van der Waals surface area contributed by atoms with E-state index in [4.69, 9.17) is 4.74 Å². The van der Waals surface area contributed by atoms with Gasteiger partial charge in [0.15, 0.2) is 30.6 Å². The Balaban J connectivity index is 0.000000303. The van der Waals surface area contributed by atoms with Crippen LogP contribution in [-0.2, 0) is 21.0 Å². The highest BCUT2D eigenvalue weighted by atomic mass is 32.2. The molecule has 0 aliphatic heterocycles. The van der Waals surface area contributed by atoms with E-state index in [-0.39, 0.29) is 16.7 Å². The first kappa shape index (κ1) is 40.0. The second-order valence-corrected chi connectivity index (χ2v) is 14.2. The van der Waals surface area contributed by atoms with Crippen molar-refractivity contribution in [3.05, 3.63) is 145 Å². The summed E-state index contributed by atoms with van der Waals surface area (Å²) in [6.07, 6.45) is -7.16. The third-order valence-corrected chi connectivity index (χ3v) is 10.4. The summed E-state index contributed by atoms with van der Waals surface area (Å²) >= 11 is 0. The minimum atomic E-state index is -7.43. The molecule has 5 nitrogen and oxygen atoms in total. The number of carbonyl (C=O) groups is 1. The van der Waals surface area contributed by atoms with E-state index in [2.05, 4.69) is 60.7 Å². The Kier molecular flexibility index (Phi) is 11.9. The van der Waals surface area contributed by atoms with Crippen LogP contribution in [0, 0.1) is 0 Å². The molecule has 5 aromatic carbocycles. The average molecular weight is 773 g/mol. The third kappa shape index (κ3) is 8.29. The zero-order chi connectivity index (χ0) is 38.5. The molecule has 0 aliphatic rings. The van der Waals surface area contributed by atoms with Crippen molar-refractivity contribution in [3.8, 4) is 16.9 Å². The van der Waals surface area contributed by atoms with Gasteiger partial charge in [-0.3, -0.25) is 4.79 Å². The van der Waals surface area contributed by atoms with Crippen molar-refractivity contribution < 1.29 is 62.0 Å². The standard InChI is InChI=1S/C32H25O2S.C4HF9O3S/c1-34-28-20-16-25(17-21-28)24-12-14-26(15-13-24)32(33)27-18-22-31(23-19-27)35(29-8-4-2-5-9-29)30-10-6-3-7-11-30;5-1(6,3(9,10)11)2(7,8)4(12,13)17(14,15)16/h2-23H,1H3;(H,14,15,16)/q+1;/p-1. The zero-order valence-corrected chi connectivity index (χ0v) is 28.1. The maximum absolute atomic E-state index is 13.2. The number of hydrogen-bond acceptors (Lipinski definition) is 5. The molecule has 0 unspecified atom stereocenters. The summed E-state index contributed by atoms with van der Waals surface area (Å²) < 4.78 is 141. The number of rotatable bonds is 10. The molecule has 0 atom stereocenters. The molecule has 0 aromatic heterocycles. The molecule has 0 aliphatic carbocycles. The Morgan fingerprint density at radius 2 is 0.923 bits per heavy atom. The summed E-state index contributed by atoms with van der Waals surface area (Å²) in [5, 5.41) is -7.11. The Hall–Kier alpha value is -4.80. The number of ketones is 1. The van der Waals surface area contributed by atoms with Crippen molar-refractivity contribution >= 4 is 26.8 Å². The fourth-order valence-electron chi connectivity index (χ4n) is 4.55. The van der Waals surface area contributed by atoms with Gasteiger partial charge in [-0.15, -0.1) is 0 Å². The van der Waals surface area contributed by atoms with Gasteiger partial charge in [0.2, 0.25) is 0 Å². The van der Waals surface area contributed by atoms with E-state index >= 15 is 0 Å². The number of benzene rings is 5. The van der Waals surface area contributed by atoms with Crippen LogP contribution in [0.2, 0.25) is 0 Å². The number of carbonyl (C=O) groups excluding carboxylic acids is 1. The van der Waals surface area contributed by atoms with Gasteiger partial charge in [-0.1, -0.05) is 72.8 Å². The van der Waals surface area contributed by atoms with Crippen LogP contribution in [-0.4, -0.2) is 49.1 Å². The number of halogens is 9. The number of alkyl halides is 9. The molecule has 0 amide bonds. The van der Waals surface area contributed by atoms with Crippen molar-refractivity contribution in [2.75, 3.05) is 7.11 Å². The second-order valence-electron chi connectivity index (χ2n) is 10.7. The molecule has 0 saturated carbocycles. The maximum atomic E-state index is 13.2. The van der Waals surface area contributed by atoms with Gasteiger partial charge in [0.25, 0.3) is 0 Å². The summed E-state index contributed by atoms with van der Waals surface area (Å²) in [6.45, 7) is 0. The second kappa shape index (κ2) is 15.4. The summed E-state index contributed by atoms with van der Waals surface area (Å²) in [5.74, 6) is -14.0. The van der Waals surface area contributed by atoms with Crippen molar-refractivity contribution in [1.29, 1.82) is 0 Å². The lowest BCUT2D eigenvalue weighted by atomic mass is 9.99. The van der Waals surface area contributed by atoms with E-state index < -0.39 is 33.4 Å². The highest BCUT2D eigenvalue weighted by Gasteiger charge is 2.83. The fraction of sp³-hybridized carbons (Fsp3) is 0.139. The van der Waals surface area contributed by atoms with Crippen LogP contribution in [0.15, 0.2) is 148 Å². The van der Waals surface area contributed by atoms with Crippen LogP contribution in [0.3, 0.4) is 0 Å². The number of hydrogen-bond donors (Lipinski definition) is 0. The topological polar surface area (TPSA) is 83.5 Å². The van der Waals surface area contributed by atoms with Crippen LogP contribution < -0.4 is 4.74 Å². The molecular weight excluding hydrogens is 748 g/mol. The van der Waals surface area contributed by atoms with Gasteiger partial charge < -0.3 is 9.29 Å². The Morgan fingerprint density at radius 3 is 1.29 bits per heavy atom. The van der Waals surface area contributed by atoms with Crippen molar-refractivity contribution in [2.24, 2.45) is 0 Å². The van der Waals surface area contributed by atoms with Crippen molar-refractivity contribution in [3.63, 3.8) is 0 Å². The van der Waals surface area contributed by atoms with Gasteiger partial charge in [0.05, 0.1) is 18.0 Å². The molecular formula is C36H25F9O5S2. The molecule has 5 aromatic rings. The molecule has 5 rings (SSSR count). The fourth-order valence-corrected chi connectivity index (χ4v) is 7.07. The highest BCUT2D eigenvalue weighted by molar-refractivity contribution is 7.97. The summed E-state index contributed by atoms with van der Waals surface area (Å²) in [4.78, 5) is 16.9. The zero-order valence-electron chi connectivity index (χ0n) is 26.5. The molecule has 0 N–H and O–H groups in total. The lowest BCUT2D eigenvalue weighted by Crippen LogP contribution is -2.63. The Labute approximate surface area is 294 Å². The summed E-state index contributed by atoms with van der Waals surface area (Å²) in [6, 6.07) is 44.8. The molecule has 0 spiro atoms. The van der Waals surface area contributed by atoms with Gasteiger partial charge >= 0.3 is 23.3 Å². The van der Waals surface area contributed by atoms with Gasteiger partial charge in [-0.05, 0) is 71.8 Å². The van der Waals surface area contributed by atoms with Gasteiger partial charge in [-0.2, -0.15) is 39.5 Å². The molecule has 0 radical (unpaired) electrons. The maximum Gasteiger partial charge on any atom is 0.460 e. The lowest BCUT2D eigenvalue weighted by molar-refractivity contribution is -0.382. The van der Waals surface area contributed by atoms with Crippen LogP contribution in [0.4, 0.5) is 39.5 Å². The van der Waals surface area contributed by atoms with Crippen molar-refractivity contribution in [1.82, 2.24) is 0 Å². The molecule has 274 valence electrons. The molecule has 16 heteroatoms. The molecule has 0 bridgehead atoms. The highest BCUT2D eigenvalue weighted by Crippen LogP contribution is 2.54. The Bertz CT molecular complexity index is 2020. The summed E-state index contributed by atoms with van der Waals surface area (Å²) in [5.41, 5.74) is 3.52. The quantitative estimate of drug-likeness (QED) is 0.0611. The van der Waals surface area contributed by atoms with E-state index in [1.165, 1.54) is 14.7 Å². The third-order valence-electron chi connectivity index (χ3n) is 7.31. The Morgan fingerprint density at radius 1 is 0.558 bits per heavy atom. The van der Waals surface area contributed by atoms with Gasteiger partial charge in [-0.25, -0.2) is 8.42 Å². The molecule has 0 fully saturated rings. The first-order valence-corrected chi connectivity index (χ1v) is 17.3. The van der Waals surface area contributed by atoms with Gasteiger partial charge in [0, 0.05) is 11.1 Å². The van der Waals surface area contributed by atoms with Gasteiger partial charge in [0.1, 0.15) is 5.75 Å². The first-order valence-electron chi connectivity index (χ1n) is 14.6. The minimum Gasteiger partial charge on any atom is -0.743 e. The van der Waals surface area contributed by atoms with Crippen molar-refractivity contribution in [2.45, 2.75) is 38.0 Å². The van der Waals surface area contributed by atoms with E-state index in [0.29, 0.717) is 11.1 Å². The average Bonchev–Trinajstić information content (AvgIpc) is 3.12. The van der Waals surface area contributed by atoms with Crippen LogP contribution in [0.1, 0.15) is 15.9 Å². The van der Waals surface area contributed by atoms with E-state index in [0.717, 1.165) is 16.9 Å². The van der Waals surface area contributed by atoms with Crippen LogP contribution in [0.5, 0.6) is 5.75 Å². The monoisotopic (exact) mass is 772 g/mol. The smallest absolute Gasteiger partial charge is 0.460 e. The van der Waals surface area contributed by atoms with E-state index in [9.17, 15) is 57.3 Å². The van der Waals surface area contributed by atoms with Crippen LogP contribution >= 0.6 is 0 Å². The van der Waals surface area contributed by atoms with E-state index in [1.807, 2.05) is 72.8 Å². The SMILES string of the molecule is COc1ccc(-c2ccc(C(=O)c3ccc([S+](c4ccccc4)c4ccccc4)cc3)cc2)cc1.O=S(=O)([O-])C(F)(F)C(F)(F)C(F)(F)C(F)(F)F. The normalized spacial score (nSPS) is 12.5. The summed E-state index contributed by atoms with van der Waals surface area (Å²) in [7, 11) is -5.99. The van der Waals surface area contributed by atoms with Crippen LogP contribution in [0.25, 0.3) is 11.1 Å². The minimum absolute atomic E-state index is 0.0251. The van der Waals surface area contributed by atoms with E-state index in [1.54, 1.807) is 7.11 Å². The molecule has 0 saturated heterocycles. The first-order chi connectivity index (χ1) is 24.2. The number of methoxy groups -OCH3 is 1. The predicted molar refractivity (Wildman–Crippen MR) is 174 cm³/mol. The predicted octanol–water partition coefficient (Wildman–Crippen LogP) is 9.65. The largest absolute Gasteiger partial charge is 0.743 e. The lowest BCUT2D eigenvalue weighted by Gasteiger charge is -2.34. The molecule has 0 heterocycles.